The number of amides is 1. The van der Waals surface area contributed by atoms with Crippen LogP contribution in [0.1, 0.15) is 24.8 Å². The van der Waals surface area contributed by atoms with Gasteiger partial charge in [-0.05, 0) is 31.4 Å². The number of sulfone groups is 1. The van der Waals surface area contributed by atoms with Crippen LogP contribution in [0.25, 0.3) is 0 Å². The van der Waals surface area contributed by atoms with Crippen molar-refractivity contribution < 1.29 is 13.2 Å². The average molecular weight is 322 g/mol. The van der Waals surface area contributed by atoms with E-state index >= 15 is 0 Å². The zero-order valence-corrected chi connectivity index (χ0v) is 13.9. The van der Waals surface area contributed by atoms with Gasteiger partial charge in [0.25, 0.3) is 0 Å². The Balaban J connectivity index is 1.86. The molecule has 1 fully saturated rings. The van der Waals surface area contributed by atoms with Gasteiger partial charge >= 0.3 is 0 Å². The maximum absolute atomic E-state index is 12.5. The highest BCUT2D eigenvalue weighted by Crippen LogP contribution is 2.42. The molecule has 0 spiro atoms. The lowest BCUT2D eigenvalue weighted by atomic mass is 10.1. The van der Waals surface area contributed by atoms with Crippen LogP contribution in [-0.2, 0) is 14.6 Å². The molecule has 0 atom stereocenters. The van der Waals surface area contributed by atoms with Gasteiger partial charge in [-0.1, -0.05) is 12.1 Å². The lowest BCUT2D eigenvalue weighted by molar-refractivity contribution is -0.118. The van der Waals surface area contributed by atoms with Gasteiger partial charge in [-0.25, -0.2) is 8.42 Å². The van der Waals surface area contributed by atoms with Crippen molar-refractivity contribution in [3.05, 3.63) is 23.8 Å². The Labute approximate surface area is 131 Å². The molecule has 0 aromatic heterocycles. The van der Waals surface area contributed by atoms with Gasteiger partial charge in [-0.3, -0.25) is 4.79 Å². The Hall–Kier alpha value is -1.56. The number of nitrogens with zero attached hydrogens (tertiary/aromatic N) is 2. The molecule has 1 heterocycles. The maximum Gasteiger partial charge on any atom is 0.228 e. The van der Waals surface area contributed by atoms with E-state index in [0.717, 1.165) is 17.9 Å². The van der Waals surface area contributed by atoms with Crippen molar-refractivity contribution in [1.82, 2.24) is 0 Å². The van der Waals surface area contributed by atoms with Crippen LogP contribution in [0, 0.1) is 6.92 Å². The average Bonchev–Trinajstić information content (AvgIpc) is 3.28. The molecule has 1 aliphatic heterocycles. The molecule has 1 aromatic rings. The summed E-state index contributed by atoms with van der Waals surface area (Å²) in [5.74, 6) is -0.191. The first-order valence-corrected chi connectivity index (χ1v) is 9.77. The fraction of sp³-hybridized carbons (Fsp3) is 0.562. The third-order valence-electron chi connectivity index (χ3n) is 4.33. The van der Waals surface area contributed by atoms with Crippen LogP contribution in [0.4, 0.5) is 11.4 Å². The third kappa shape index (κ3) is 3.11. The van der Waals surface area contributed by atoms with E-state index in [2.05, 4.69) is 17.9 Å². The highest BCUT2D eigenvalue weighted by molar-refractivity contribution is 7.90. The molecule has 0 unspecified atom stereocenters. The standard InChI is InChI=1S/C16H22N2O3S/c1-12-4-3-5-14-16(12)17(13-6-7-13)9-10-18(14)15(19)8-11-22(2,20)21/h3-5,13H,6-11H2,1-2H3. The van der Waals surface area contributed by atoms with Crippen LogP contribution in [0.2, 0.25) is 0 Å². The molecule has 6 heteroatoms. The smallest absolute Gasteiger partial charge is 0.228 e. The number of fused-ring (bicyclic) bond motifs is 1. The van der Waals surface area contributed by atoms with Gasteiger partial charge in [-0.2, -0.15) is 0 Å². The minimum absolute atomic E-state index is 0.0512. The highest BCUT2D eigenvalue weighted by atomic mass is 32.2. The number of anilines is 2. The van der Waals surface area contributed by atoms with E-state index in [1.807, 2.05) is 12.1 Å². The fourth-order valence-electron chi connectivity index (χ4n) is 3.09. The van der Waals surface area contributed by atoms with Crippen molar-refractivity contribution in [2.24, 2.45) is 0 Å². The number of carbonyl (C=O) groups excluding carboxylic acids is 1. The Bertz CT molecular complexity index is 695. The Morgan fingerprint density at radius 2 is 2.00 bits per heavy atom. The molecule has 0 N–H and O–H groups in total. The van der Waals surface area contributed by atoms with Crippen LogP contribution in [0.15, 0.2) is 18.2 Å². The first-order chi connectivity index (χ1) is 10.4. The van der Waals surface area contributed by atoms with Gasteiger partial charge in [0.1, 0.15) is 9.84 Å². The molecular weight excluding hydrogens is 300 g/mol. The zero-order valence-electron chi connectivity index (χ0n) is 13.1. The van der Waals surface area contributed by atoms with Crippen molar-refractivity contribution in [3.63, 3.8) is 0 Å². The molecule has 120 valence electrons. The summed E-state index contributed by atoms with van der Waals surface area (Å²) in [5.41, 5.74) is 3.24. The maximum atomic E-state index is 12.5. The van der Waals surface area contributed by atoms with Crippen LogP contribution in [0.3, 0.4) is 0 Å². The molecule has 2 aliphatic rings. The van der Waals surface area contributed by atoms with E-state index in [0.29, 0.717) is 12.6 Å². The number of rotatable bonds is 4. The zero-order chi connectivity index (χ0) is 15.9. The van der Waals surface area contributed by atoms with E-state index in [1.54, 1.807) is 4.90 Å². The molecule has 0 radical (unpaired) electrons. The summed E-state index contributed by atoms with van der Waals surface area (Å²) in [5, 5.41) is 0. The van der Waals surface area contributed by atoms with Crippen LogP contribution in [-0.4, -0.2) is 45.5 Å². The lowest BCUT2D eigenvalue weighted by Gasteiger charge is -2.39. The fourth-order valence-corrected chi connectivity index (χ4v) is 3.64. The summed E-state index contributed by atoms with van der Waals surface area (Å²) in [6.07, 6.45) is 3.66. The van der Waals surface area contributed by atoms with E-state index in [-0.39, 0.29) is 18.1 Å². The molecule has 22 heavy (non-hydrogen) atoms. The van der Waals surface area contributed by atoms with E-state index in [9.17, 15) is 13.2 Å². The SMILES string of the molecule is Cc1cccc2c1N(C1CC1)CCN2C(=O)CCS(C)(=O)=O. The largest absolute Gasteiger partial charge is 0.365 e. The first-order valence-electron chi connectivity index (χ1n) is 7.71. The van der Waals surface area contributed by atoms with E-state index in [1.165, 1.54) is 24.7 Å². The van der Waals surface area contributed by atoms with Crippen LogP contribution in [0.5, 0.6) is 0 Å². The molecule has 0 saturated heterocycles. The van der Waals surface area contributed by atoms with Crippen LogP contribution < -0.4 is 9.80 Å². The second-order valence-corrected chi connectivity index (χ2v) is 8.55. The van der Waals surface area contributed by atoms with Gasteiger partial charge in [0.05, 0.1) is 17.1 Å². The molecule has 1 aromatic carbocycles. The summed E-state index contributed by atoms with van der Waals surface area (Å²) in [4.78, 5) is 16.6. The molecule has 5 nitrogen and oxygen atoms in total. The van der Waals surface area contributed by atoms with Crippen molar-refractivity contribution in [2.45, 2.75) is 32.2 Å². The summed E-state index contributed by atoms with van der Waals surface area (Å²) in [6.45, 7) is 3.53. The minimum Gasteiger partial charge on any atom is -0.365 e. The van der Waals surface area contributed by atoms with Gasteiger partial charge in [0, 0.05) is 31.8 Å². The number of hydrogen-bond acceptors (Lipinski definition) is 4. The predicted octanol–water partition coefficient (Wildman–Crippen LogP) is 1.75. The third-order valence-corrected chi connectivity index (χ3v) is 5.28. The Morgan fingerprint density at radius 1 is 1.27 bits per heavy atom. The van der Waals surface area contributed by atoms with Crippen LogP contribution >= 0.6 is 0 Å². The quantitative estimate of drug-likeness (QED) is 0.847. The molecule has 0 bridgehead atoms. The van der Waals surface area contributed by atoms with Crippen molar-refractivity contribution >= 4 is 27.1 Å². The number of carbonyl (C=O) groups is 1. The second kappa shape index (κ2) is 5.57. The van der Waals surface area contributed by atoms with Crippen molar-refractivity contribution in [1.29, 1.82) is 0 Å². The van der Waals surface area contributed by atoms with E-state index in [4.69, 9.17) is 0 Å². The number of benzene rings is 1. The Morgan fingerprint density at radius 3 is 2.64 bits per heavy atom. The van der Waals surface area contributed by atoms with Gasteiger partial charge in [0.2, 0.25) is 5.91 Å². The molecular formula is C16H22N2O3S. The van der Waals surface area contributed by atoms with Gasteiger partial charge < -0.3 is 9.80 Å². The summed E-state index contributed by atoms with van der Waals surface area (Å²) >= 11 is 0. The summed E-state index contributed by atoms with van der Waals surface area (Å²) in [6, 6.07) is 6.60. The van der Waals surface area contributed by atoms with Crippen molar-refractivity contribution in [2.75, 3.05) is 34.9 Å². The predicted molar refractivity (Wildman–Crippen MR) is 88.2 cm³/mol. The summed E-state index contributed by atoms with van der Waals surface area (Å²) in [7, 11) is -3.12. The normalized spacial score (nSPS) is 18.3. The monoisotopic (exact) mass is 322 g/mol. The molecule has 1 aliphatic carbocycles. The first kappa shape index (κ1) is 15.3. The second-order valence-electron chi connectivity index (χ2n) is 6.29. The highest BCUT2D eigenvalue weighted by Gasteiger charge is 2.36. The number of aryl methyl sites for hydroxylation is 1. The number of para-hydroxylation sites is 1. The Kier molecular flexibility index (Phi) is 3.89. The number of hydrogen-bond donors (Lipinski definition) is 0. The summed E-state index contributed by atoms with van der Waals surface area (Å²) < 4.78 is 22.6. The topological polar surface area (TPSA) is 57.7 Å². The molecule has 1 amide bonds. The minimum atomic E-state index is -3.12. The van der Waals surface area contributed by atoms with Gasteiger partial charge in [0.15, 0.2) is 0 Å². The lowest BCUT2D eigenvalue weighted by Crippen LogP contribution is -2.45. The molecule has 1 saturated carbocycles. The van der Waals surface area contributed by atoms with E-state index < -0.39 is 9.84 Å². The van der Waals surface area contributed by atoms with Crippen molar-refractivity contribution in [3.8, 4) is 0 Å². The molecule has 3 rings (SSSR count). The van der Waals surface area contributed by atoms with Gasteiger partial charge in [-0.15, -0.1) is 0 Å².